The van der Waals surface area contributed by atoms with Gasteiger partial charge in [0.15, 0.2) is 0 Å². The van der Waals surface area contributed by atoms with Crippen LogP contribution in [0.4, 0.5) is 4.39 Å². The first kappa shape index (κ1) is 14.4. The molecule has 0 bridgehead atoms. The average Bonchev–Trinajstić information content (AvgIpc) is 2.35. The molecule has 0 fully saturated rings. The van der Waals surface area contributed by atoms with E-state index in [-0.39, 0.29) is 28.2 Å². The average molecular weight is 322 g/mol. The van der Waals surface area contributed by atoms with E-state index in [1.54, 1.807) is 0 Å². The van der Waals surface area contributed by atoms with Gasteiger partial charge in [-0.2, -0.15) is 0 Å². The number of ether oxygens (including phenoxy) is 1. The lowest BCUT2D eigenvalue weighted by Crippen LogP contribution is -1.91. The molecule has 2 aromatic carbocycles. The summed E-state index contributed by atoms with van der Waals surface area (Å²) in [7, 11) is 0. The Bertz CT molecular complexity index is 617. The van der Waals surface area contributed by atoms with Gasteiger partial charge >= 0.3 is 0 Å². The molecule has 0 saturated carbocycles. The van der Waals surface area contributed by atoms with Crippen LogP contribution in [0.3, 0.4) is 0 Å². The minimum atomic E-state index is -0.516. The molecule has 100 valence electrons. The highest BCUT2D eigenvalue weighted by Crippen LogP contribution is 2.36. The van der Waals surface area contributed by atoms with Crippen LogP contribution in [0.5, 0.6) is 11.5 Å². The van der Waals surface area contributed by atoms with Crippen LogP contribution in [-0.2, 0) is 6.61 Å². The highest BCUT2D eigenvalue weighted by atomic mass is 35.5. The van der Waals surface area contributed by atoms with Gasteiger partial charge in [0.2, 0.25) is 0 Å². The zero-order valence-electron chi connectivity index (χ0n) is 9.46. The van der Waals surface area contributed by atoms with Crippen LogP contribution in [0.25, 0.3) is 0 Å². The zero-order chi connectivity index (χ0) is 14.0. The Morgan fingerprint density at radius 1 is 0.947 bits per heavy atom. The third-order valence-corrected chi connectivity index (χ3v) is 3.33. The lowest BCUT2D eigenvalue weighted by molar-refractivity contribution is 0.280. The van der Waals surface area contributed by atoms with Crippen molar-refractivity contribution in [3.05, 3.63) is 56.8 Å². The van der Waals surface area contributed by atoms with Gasteiger partial charge in [0.1, 0.15) is 17.3 Å². The van der Waals surface area contributed by atoms with E-state index < -0.39 is 5.82 Å². The molecule has 0 aromatic heterocycles. The van der Waals surface area contributed by atoms with E-state index in [0.29, 0.717) is 10.6 Å². The molecule has 0 amide bonds. The van der Waals surface area contributed by atoms with Gasteiger partial charge in [0.25, 0.3) is 0 Å². The topological polar surface area (TPSA) is 29.5 Å². The molecule has 2 rings (SSSR count). The van der Waals surface area contributed by atoms with Crippen molar-refractivity contribution in [2.75, 3.05) is 0 Å². The second kappa shape index (κ2) is 5.97. The van der Waals surface area contributed by atoms with E-state index in [1.807, 2.05) is 0 Å². The van der Waals surface area contributed by atoms with Gasteiger partial charge in [-0.3, -0.25) is 0 Å². The molecule has 0 aliphatic rings. The van der Waals surface area contributed by atoms with Gasteiger partial charge in [0.05, 0.1) is 21.7 Å². The number of aliphatic hydroxyl groups excluding tert-OH is 1. The molecule has 0 saturated heterocycles. The lowest BCUT2D eigenvalue weighted by Gasteiger charge is -2.10. The minimum Gasteiger partial charge on any atom is -0.456 e. The first-order valence-corrected chi connectivity index (χ1v) is 6.35. The smallest absolute Gasteiger partial charge is 0.147 e. The Hall–Kier alpha value is -1.000. The molecule has 0 aliphatic heterocycles. The van der Waals surface area contributed by atoms with Gasteiger partial charge in [-0.15, -0.1) is 0 Å². The number of benzene rings is 2. The molecule has 0 atom stereocenters. The van der Waals surface area contributed by atoms with Gasteiger partial charge < -0.3 is 9.84 Å². The number of hydrogen-bond acceptors (Lipinski definition) is 2. The van der Waals surface area contributed by atoms with Crippen molar-refractivity contribution >= 4 is 34.8 Å². The summed E-state index contributed by atoms with van der Waals surface area (Å²) in [6, 6.07) is 6.77. The van der Waals surface area contributed by atoms with Crippen molar-refractivity contribution in [3.63, 3.8) is 0 Å². The van der Waals surface area contributed by atoms with Crippen molar-refractivity contribution in [2.45, 2.75) is 6.61 Å². The summed E-state index contributed by atoms with van der Waals surface area (Å²) < 4.78 is 18.7. The largest absolute Gasteiger partial charge is 0.456 e. The molecule has 0 unspecified atom stereocenters. The van der Waals surface area contributed by atoms with Crippen LogP contribution in [0, 0.1) is 5.82 Å². The molecule has 2 nitrogen and oxygen atoms in total. The highest BCUT2D eigenvalue weighted by Gasteiger charge is 2.09. The van der Waals surface area contributed by atoms with Crippen LogP contribution in [0.1, 0.15) is 5.56 Å². The van der Waals surface area contributed by atoms with Crippen molar-refractivity contribution in [2.24, 2.45) is 0 Å². The fourth-order valence-corrected chi connectivity index (χ4v) is 2.06. The maximum absolute atomic E-state index is 13.3. The van der Waals surface area contributed by atoms with Crippen LogP contribution in [0.15, 0.2) is 30.3 Å². The maximum atomic E-state index is 13.3. The van der Waals surface area contributed by atoms with E-state index in [2.05, 4.69) is 0 Å². The summed E-state index contributed by atoms with van der Waals surface area (Å²) in [4.78, 5) is 0. The Morgan fingerprint density at radius 3 is 2.32 bits per heavy atom. The molecule has 0 spiro atoms. The van der Waals surface area contributed by atoms with Gasteiger partial charge in [-0.05, 0) is 23.8 Å². The van der Waals surface area contributed by atoms with E-state index >= 15 is 0 Å². The van der Waals surface area contributed by atoms with Crippen molar-refractivity contribution < 1.29 is 14.2 Å². The molecule has 1 N–H and O–H groups in total. The Balaban J connectivity index is 2.36. The summed E-state index contributed by atoms with van der Waals surface area (Å²) in [5.74, 6) is -0.0485. The molecular weight excluding hydrogens is 313 g/mol. The molecular formula is C13H8Cl3FO2. The van der Waals surface area contributed by atoms with Crippen LogP contribution in [0.2, 0.25) is 15.1 Å². The Morgan fingerprint density at radius 2 is 1.63 bits per heavy atom. The van der Waals surface area contributed by atoms with E-state index in [0.717, 1.165) is 0 Å². The fourth-order valence-electron chi connectivity index (χ4n) is 1.48. The third-order valence-electron chi connectivity index (χ3n) is 2.32. The fraction of sp³-hybridized carbons (Fsp3) is 0.0769. The van der Waals surface area contributed by atoms with Gasteiger partial charge in [0, 0.05) is 12.1 Å². The second-order valence-electron chi connectivity index (χ2n) is 3.75. The number of aliphatic hydroxyl groups is 1. The number of halogens is 4. The zero-order valence-corrected chi connectivity index (χ0v) is 11.7. The third kappa shape index (κ3) is 3.51. The second-order valence-corrected chi connectivity index (χ2v) is 4.97. The van der Waals surface area contributed by atoms with Crippen molar-refractivity contribution in [1.29, 1.82) is 0 Å². The first-order valence-electron chi connectivity index (χ1n) is 5.22. The first-order chi connectivity index (χ1) is 8.99. The van der Waals surface area contributed by atoms with Gasteiger partial charge in [-0.25, -0.2) is 4.39 Å². The maximum Gasteiger partial charge on any atom is 0.147 e. The molecule has 0 aliphatic carbocycles. The Kier molecular flexibility index (Phi) is 4.53. The van der Waals surface area contributed by atoms with E-state index in [4.69, 9.17) is 44.6 Å². The normalized spacial score (nSPS) is 10.6. The summed E-state index contributed by atoms with van der Waals surface area (Å²) in [5, 5.41) is 9.83. The molecule has 0 heterocycles. The summed E-state index contributed by atoms with van der Waals surface area (Å²) in [6.45, 7) is -0.288. The van der Waals surface area contributed by atoms with Gasteiger partial charge in [-0.1, -0.05) is 34.8 Å². The minimum absolute atomic E-state index is 0.212. The molecule has 19 heavy (non-hydrogen) atoms. The van der Waals surface area contributed by atoms with Crippen LogP contribution in [-0.4, -0.2) is 5.11 Å². The monoisotopic (exact) mass is 320 g/mol. The number of rotatable bonds is 3. The standard InChI is InChI=1S/C13H8Cl3FO2/c14-10-4-12(16)13(5-11(10)15)19-9-2-7(6-18)1-8(17)3-9/h1-5,18H,6H2. The summed E-state index contributed by atoms with van der Waals surface area (Å²) in [5.41, 5.74) is 0.395. The Labute approximate surface area is 124 Å². The quantitative estimate of drug-likeness (QED) is 0.800. The summed E-state index contributed by atoms with van der Waals surface area (Å²) in [6.07, 6.45) is 0. The molecule has 2 aromatic rings. The van der Waals surface area contributed by atoms with Crippen LogP contribution >= 0.6 is 34.8 Å². The SMILES string of the molecule is OCc1cc(F)cc(Oc2cc(Cl)c(Cl)cc2Cl)c1. The summed E-state index contributed by atoms with van der Waals surface area (Å²) >= 11 is 17.6. The lowest BCUT2D eigenvalue weighted by atomic mass is 10.2. The van der Waals surface area contributed by atoms with Crippen LogP contribution < -0.4 is 4.74 Å². The molecule has 6 heteroatoms. The van der Waals surface area contributed by atoms with E-state index in [1.165, 1.54) is 30.3 Å². The predicted molar refractivity (Wildman–Crippen MR) is 73.9 cm³/mol. The molecule has 0 radical (unpaired) electrons. The van der Waals surface area contributed by atoms with Crippen molar-refractivity contribution in [1.82, 2.24) is 0 Å². The van der Waals surface area contributed by atoms with E-state index in [9.17, 15) is 4.39 Å². The number of hydrogen-bond donors (Lipinski definition) is 1. The predicted octanol–water partition coefficient (Wildman–Crippen LogP) is 5.07. The van der Waals surface area contributed by atoms with Crippen molar-refractivity contribution in [3.8, 4) is 11.5 Å². The highest BCUT2D eigenvalue weighted by molar-refractivity contribution is 6.43.